The molecule has 1 nitrogen and oxygen atoms in total. The van der Waals surface area contributed by atoms with Crippen molar-refractivity contribution in [1.82, 2.24) is 0 Å². The van der Waals surface area contributed by atoms with Crippen molar-refractivity contribution in [3.63, 3.8) is 0 Å². The second-order valence-electron chi connectivity index (χ2n) is 9.45. The van der Waals surface area contributed by atoms with Crippen LogP contribution in [0, 0.1) is 28.1 Å². The lowest BCUT2D eigenvalue weighted by Crippen LogP contribution is -2.35. The zero-order valence-electron chi connectivity index (χ0n) is 18.6. The second kappa shape index (κ2) is 10.3. The maximum absolute atomic E-state index is 9.95. The molecule has 1 fully saturated rings. The van der Waals surface area contributed by atoms with Gasteiger partial charge in [-0.15, -0.1) is 0 Å². The molecule has 0 bridgehead atoms. The van der Waals surface area contributed by atoms with Gasteiger partial charge in [-0.1, -0.05) is 101 Å². The highest BCUT2D eigenvalue weighted by molar-refractivity contribution is 5.34. The molecular weight excluding hydrogens is 350 g/mol. The van der Waals surface area contributed by atoms with Crippen LogP contribution in [0.2, 0.25) is 0 Å². The summed E-state index contributed by atoms with van der Waals surface area (Å²) in [6.07, 6.45) is 23.2. The smallest absolute Gasteiger partial charge is 0.0689 e. The van der Waals surface area contributed by atoms with Gasteiger partial charge in [0.2, 0.25) is 0 Å². The van der Waals surface area contributed by atoms with Crippen LogP contribution in [0.15, 0.2) is 54.6 Å². The van der Waals surface area contributed by atoms with E-state index in [2.05, 4.69) is 74.6 Å². The SMILES string of the molecule is CCCCCCCC1(C#N)CCC(C2(CC)C=CC(c3ccccc3)C=C2)CC1. The number of nitriles is 1. The summed E-state index contributed by atoms with van der Waals surface area (Å²) in [4.78, 5) is 0. The van der Waals surface area contributed by atoms with Gasteiger partial charge in [0.25, 0.3) is 0 Å². The first-order chi connectivity index (χ1) is 14.2. The molecule has 0 amide bonds. The summed E-state index contributed by atoms with van der Waals surface area (Å²) in [5, 5.41) is 9.95. The van der Waals surface area contributed by atoms with Crippen LogP contribution in [0.25, 0.3) is 0 Å². The average molecular weight is 390 g/mol. The third kappa shape index (κ3) is 5.22. The van der Waals surface area contributed by atoms with Gasteiger partial charge in [-0.3, -0.25) is 0 Å². The van der Waals surface area contributed by atoms with Crippen molar-refractivity contribution in [1.29, 1.82) is 5.26 Å². The lowest BCUT2D eigenvalue weighted by Gasteiger charge is -2.44. The summed E-state index contributed by atoms with van der Waals surface area (Å²) in [5.41, 5.74) is 1.51. The Bertz CT molecular complexity index is 698. The van der Waals surface area contributed by atoms with Gasteiger partial charge < -0.3 is 0 Å². The molecule has 0 unspecified atom stereocenters. The zero-order chi connectivity index (χ0) is 20.6. The summed E-state index contributed by atoms with van der Waals surface area (Å²) in [7, 11) is 0. The molecule has 3 rings (SSSR count). The monoisotopic (exact) mass is 389 g/mol. The van der Waals surface area contributed by atoms with Gasteiger partial charge in [-0.2, -0.15) is 5.26 Å². The molecule has 2 aliphatic rings. The van der Waals surface area contributed by atoms with Crippen LogP contribution in [0.3, 0.4) is 0 Å². The number of benzene rings is 1. The molecule has 1 aromatic rings. The lowest BCUT2D eigenvalue weighted by molar-refractivity contribution is 0.132. The fourth-order valence-corrected chi connectivity index (χ4v) is 5.57. The maximum atomic E-state index is 9.95. The van der Waals surface area contributed by atoms with Crippen LogP contribution in [-0.4, -0.2) is 0 Å². The molecule has 0 N–H and O–H groups in total. The molecule has 0 heterocycles. The minimum absolute atomic E-state index is 0.0493. The van der Waals surface area contributed by atoms with Gasteiger partial charge >= 0.3 is 0 Å². The van der Waals surface area contributed by atoms with E-state index in [-0.39, 0.29) is 10.8 Å². The van der Waals surface area contributed by atoms with Crippen LogP contribution >= 0.6 is 0 Å². The summed E-state index contributed by atoms with van der Waals surface area (Å²) < 4.78 is 0. The van der Waals surface area contributed by atoms with Crippen molar-refractivity contribution >= 4 is 0 Å². The van der Waals surface area contributed by atoms with E-state index in [1.165, 1.54) is 50.5 Å². The summed E-state index contributed by atoms with van der Waals surface area (Å²) in [6.45, 7) is 4.59. The molecule has 1 heteroatoms. The Hall–Kier alpha value is -1.81. The lowest BCUT2D eigenvalue weighted by atomic mass is 9.59. The first kappa shape index (κ1) is 21.9. The number of hydrogen-bond acceptors (Lipinski definition) is 1. The van der Waals surface area contributed by atoms with E-state index in [4.69, 9.17) is 0 Å². The Kier molecular flexibility index (Phi) is 7.77. The third-order valence-corrected chi connectivity index (χ3v) is 7.72. The average Bonchev–Trinajstić information content (AvgIpc) is 2.80. The highest BCUT2D eigenvalue weighted by atomic mass is 14.5. The zero-order valence-corrected chi connectivity index (χ0v) is 18.6. The maximum Gasteiger partial charge on any atom is 0.0689 e. The topological polar surface area (TPSA) is 23.8 Å². The molecule has 156 valence electrons. The van der Waals surface area contributed by atoms with Gasteiger partial charge in [0.05, 0.1) is 11.5 Å². The van der Waals surface area contributed by atoms with Gasteiger partial charge in [0.15, 0.2) is 0 Å². The fourth-order valence-electron chi connectivity index (χ4n) is 5.57. The van der Waals surface area contributed by atoms with Crippen molar-refractivity contribution in [2.45, 2.75) is 90.4 Å². The molecule has 2 aliphatic carbocycles. The van der Waals surface area contributed by atoms with Gasteiger partial charge in [0, 0.05) is 11.3 Å². The van der Waals surface area contributed by atoms with E-state index in [1.54, 1.807) is 0 Å². The number of nitrogens with zero attached hydrogens (tertiary/aromatic N) is 1. The van der Waals surface area contributed by atoms with E-state index in [1.807, 2.05) is 0 Å². The molecule has 29 heavy (non-hydrogen) atoms. The third-order valence-electron chi connectivity index (χ3n) is 7.72. The Morgan fingerprint density at radius 3 is 2.17 bits per heavy atom. The quantitative estimate of drug-likeness (QED) is 0.307. The largest absolute Gasteiger partial charge is 0.198 e. The molecule has 0 radical (unpaired) electrons. The number of allylic oxidation sites excluding steroid dienone is 4. The number of hydrogen-bond donors (Lipinski definition) is 0. The van der Waals surface area contributed by atoms with Gasteiger partial charge in [-0.25, -0.2) is 0 Å². The molecule has 0 saturated heterocycles. The van der Waals surface area contributed by atoms with Crippen molar-refractivity contribution in [3.8, 4) is 6.07 Å². The van der Waals surface area contributed by atoms with Crippen LogP contribution < -0.4 is 0 Å². The summed E-state index contributed by atoms with van der Waals surface area (Å²) in [6, 6.07) is 13.5. The fraction of sp³-hybridized carbons (Fsp3) is 0.607. The minimum atomic E-state index is -0.0493. The minimum Gasteiger partial charge on any atom is -0.198 e. The van der Waals surface area contributed by atoms with E-state index in [0.29, 0.717) is 11.8 Å². The van der Waals surface area contributed by atoms with E-state index >= 15 is 0 Å². The van der Waals surface area contributed by atoms with Gasteiger partial charge in [-0.05, 0) is 50.0 Å². The standard InChI is InChI=1S/C28H39N/c1-3-5-6-7-11-18-27(23-29)19-16-26(17-20-27)28(4-2)21-14-25(15-22-28)24-12-9-8-10-13-24/h8-10,12-15,21-22,25-26H,3-7,11,16-20H2,1-2H3. The summed E-state index contributed by atoms with van der Waals surface area (Å²) >= 11 is 0. The van der Waals surface area contributed by atoms with Crippen LogP contribution in [0.5, 0.6) is 0 Å². The second-order valence-corrected chi connectivity index (χ2v) is 9.45. The number of unbranched alkanes of at least 4 members (excludes halogenated alkanes) is 4. The van der Waals surface area contributed by atoms with Crippen LogP contribution in [0.4, 0.5) is 0 Å². The first-order valence-electron chi connectivity index (χ1n) is 12.0. The Morgan fingerprint density at radius 1 is 0.931 bits per heavy atom. The molecule has 0 aromatic heterocycles. The molecule has 0 atom stereocenters. The Balaban J connectivity index is 1.59. The highest BCUT2D eigenvalue weighted by Gasteiger charge is 2.42. The first-order valence-corrected chi connectivity index (χ1v) is 12.0. The predicted molar refractivity (Wildman–Crippen MR) is 124 cm³/mol. The van der Waals surface area contributed by atoms with Crippen LogP contribution in [0.1, 0.15) is 96.0 Å². The van der Waals surface area contributed by atoms with E-state index in [9.17, 15) is 5.26 Å². The molecule has 1 saturated carbocycles. The molecule has 1 aromatic carbocycles. The number of rotatable bonds is 9. The van der Waals surface area contributed by atoms with Gasteiger partial charge in [0.1, 0.15) is 0 Å². The van der Waals surface area contributed by atoms with E-state index < -0.39 is 0 Å². The molecular formula is C28H39N. The molecule has 0 spiro atoms. The predicted octanol–water partition coefficient (Wildman–Crippen LogP) is 8.35. The van der Waals surface area contributed by atoms with Crippen LogP contribution in [-0.2, 0) is 0 Å². The van der Waals surface area contributed by atoms with Crippen molar-refractivity contribution in [2.75, 3.05) is 0 Å². The summed E-state index contributed by atoms with van der Waals surface area (Å²) in [5.74, 6) is 1.08. The normalized spacial score (nSPS) is 31.5. The van der Waals surface area contributed by atoms with Crippen molar-refractivity contribution in [2.24, 2.45) is 16.7 Å². The van der Waals surface area contributed by atoms with Crippen molar-refractivity contribution < 1.29 is 0 Å². The molecule has 0 aliphatic heterocycles. The Morgan fingerprint density at radius 2 is 1.59 bits per heavy atom. The Labute approximate surface area is 178 Å². The van der Waals surface area contributed by atoms with Crippen molar-refractivity contribution in [3.05, 3.63) is 60.2 Å². The highest BCUT2D eigenvalue weighted by Crippen LogP contribution is 2.51. The van der Waals surface area contributed by atoms with E-state index in [0.717, 1.165) is 25.7 Å².